The zero-order valence-electron chi connectivity index (χ0n) is 14.5. The fourth-order valence-corrected chi connectivity index (χ4v) is 2.38. The lowest BCUT2D eigenvalue weighted by Gasteiger charge is -2.15. The molecule has 132 valence electrons. The van der Waals surface area contributed by atoms with Gasteiger partial charge in [-0.05, 0) is 42.7 Å². The van der Waals surface area contributed by atoms with Crippen LogP contribution < -0.4 is 10.1 Å². The van der Waals surface area contributed by atoms with E-state index in [0.29, 0.717) is 5.75 Å². The van der Waals surface area contributed by atoms with Crippen LogP contribution >= 0.6 is 0 Å². The van der Waals surface area contributed by atoms with Crippen molar-refractivity contribution < 1.29 is 19.4 Å². The predicted octanol–water partition coefficient (Wildman–Crippen LogP) is 2.88. The molecule has 5 nitrogen and oxygen atoms in total. The number of carbonyl (C=O) groups is 2. The van der Waals surface area contributed by atoms with Crippen molar-refractivity contribution >= 4 is 11.9 Å². The van der Waals surface area contributed by atoms with Crippen LogP contribution in [-0.2, 0) is 16.0 Å². The van der Waals surface area contributed by atoms with Gasteiger partial charge in [0.2, 0.25) is 5.91 Å². The molecule has 0 aromatic heterocycles. The Kier molecular flexibility index (Phi) is 6.57. The van der Waals surface area contributed by atoms with Crippen molar-refractivity contribution in [1.29, 1.82) is 0 Å². The molecule has 0 heterocycles. The van der Waals surface area contributed by atoms with Crippen molar-refractivity contribution in [1.82, 2.24) is 5.32 Å². The number of carbonyl (C=O) groups excluding carboxylic acids is 1. The molecule has 0 bridgehead atoms. The van der Waals surface area contributed by atoms with Crippen molar-refractivity contribution in [2.75, 3.05) is 6.61 Å². The van der Waals surface area contributed by atoms with E-state index in [1.54, 1.807) is 0 Å². The Labute approximate surface area is 147 Å². The molecule has 2 aromatic carbocycles. The normalized spacial score (nSPS) is 11.6. The van der Waals surface area contributed by atoms with Crippen LogP contribution in [0.4, 0.5) is 0 Å². The van der Waals surface area contributed by atoms with Gasteiger partial charge >= 0.3 is 5.97 Å². The molecule has 0 saturated heterocycles. The lowest BCUT2D eigenvalue weighted by atomic mass is 10.1. The summed E-state index contributed by atoms with van der Waals surface area (Å²) in [5.74, 6) is -0.686. The number of hydrogen-bond acceptors (Lipinski definition) is 3. The van der Waals surface area contributed by atoms with Gasteiger partial charge in [0, 0.05) is 6.42 Å². The Morgan fingerprint density at radius 3 is 2.44 bits per heavy atom. The van der Waals surface area contributed by atoms with Crippen LogP contribution in [0.3, 0.4) is 0 Å². The smallest absolute Gasteiger partial charge is 0.326 e. The SMILES string of the molecule is Cc1ccc(OCCC(=O)N[C@H](Cc2ccccc2)C(=O)O)cc1C. The van der Waals surface area contributed by atoms with Gasteiger partial charge < -0.3 is 15.2 Å². The largest absolute Gasteiger partial charge is 0.493 e. The number of ether oxygens (including phenoxy) is 1. The first-order valence-corrected chi connectivity index (χ1v) is 8.22. The monoisotopic (exact) mass is 341 g/mol. The first-order valence-electron chi connectivity index (χ1n) is 8.22. The maximum absolute atomic E-state index is 12.0. The summed E-state index contributed by atoms with van der Waals surface area (Å²) in [5, 5.41) is 11.9. The van der Waals surface area contributed by atoms with Gasteiger partial charge in [0.15, 0.2) is 0 Å². The van der Waals surface area contributed by atoms with E-state index in [4.69, 9.17) is 4.74 Å². The lowest BCUT2D eigenvalue weighted by molar-refractivity contribution is -0.141. The Bertz CT molecular complexity index is 728. The molecule has 0 spiro atoms. The van der Waals surface area contributed by atoms with Crippen LogP contribution in [0.2, 0.25) is 0 Å². The number of aryl methyl sites for hydroxylation is 2. The van der Waals surface area contributed by atoms with Crippen LogP contribution in [0.15, 0.2) is 48.5 Å². The number of benzene rings is 2. The molecule has 0 aliphatic carbocycles. The quantitative estimate of drug-likeness (QED) is 0.774. The van der Waals surface area contributed by atoms with Gasteiger partial charge in [0.1, 0.15) is 11.8 Å². The third-order valence-electron chi connectivity index (χ3n) is 3.99. The van der Waals surface area contributed by atoms with Gasteiger partial charge in [-0.2, -0.15) is 0 Å². The Morgan fingerprint density at radius 1 is 1.08 bits per heavy atom. The van der Waals surface area contributed by atoms with E-state index in [9.17, 15) is 14.7 Å². The average Bonchev–Trinajstić information content (AvgIpc) is 2.58. The fourth-order valence-electron chi connectivity index (χ4n) is 2.38. The summed E-state index contributed by atoms with van der Waals surface area (Å²) in [6.07, 6.45) is 0.353. The second kappa shape index (κ2) is 8.87. The molecule has 0 radical (unpaired) electrons. The highest BCUT2D eigenvalue weighted by Crippen LogP contribution is 2.16. The average molecular weight is 341 g/mol. The molecule has 0 fully saturated rings. The molecule has 0 aliphatic rings. The summed E-state index contributed by atoms with van der Waals surface area (Å²) in [6.45, 7) is 4.22. The van der Waals surface area contributed by atoms with E-state index in [1.807, 2.05) is 62.4 Å². The highest BCUT2D eigenvalue weighted by Gasteiger charge is 2.20. The van der Waals surface area contributed by atoms with Gasteiger partial charge in [-0.25, -0.2) is 4.79 Å². The molecular formula is C20H23NO4. The Balaban J connectivity index is 1.82. The summed E-state index contributed by atoms with van der Waals surface area (Å²) in [4.78, 5) is 23.4. The molecule has 1 amide bonds. The third kappa shape index (κ3) is 5.95. The predicted molar refractivity (Wildman–Crippen MR) is 95.7 cm³/mol. The number of amides is 1. The Morgan fingerprint density at radius 2 is 1.80 bits per heavy atom. The van der Waals surface area contributed by atoms with Gasteiger partial charge in [-0.15, -0.1) is 0 Å². The van der Waals surface area contributed by atoms with Gasteiger partial charge in [0.25, 0.3) is 0 Å². The summed E-state index contributed by atoms with van der Waals surface area (Å²) in [7, 11) is 0. The lowest BCUT2D eigenvalue weighted by Crippen LogP contribution is -2.42. The van der Waals surface area contributed by atoms with Crippen molar-refractivity contribution in [2.24, 2.45) is 0 Å². The second-order valence-electron chi connectivity index (χ2n) is 5.99. The molecule has 0 unspecified atom stereocenters. The molecule has 2 N–H and O–H groups in total. The number of nitrogens with one attached hydrogen (secondary N) is 1. The summed E-state index contributed by atoms with van der Waals surface area (Å²) >= 11 is 0. The van der Waals surface area contributed by atoms with E-state index in [-0.39, 0.29) is 25.4 Å². The van der Waals surface area contributed by atoms with Crippen LogP contribution in [-0.4, -0.2) is 29.6 Å². The molecule has 0 saturated carbocycles. The fraction of sp³-hybridized carbons (Fsp3) is 0.300. The molecule has 5 heteroatoms. The number of aliphatic carboxylic acids is 1. The summed E-state index contributed by atoms with van der Waals surface area (Å²) in [5.41, 5.74) is 3.16. The molecule has 25 heavy (non-hydrogen) atoms. The minimum Gasteiger partial charge on any atom is -0.493 e. The number of carboxylic acids is 1. The van der Waals surface area contributed by atoms with Crippen LogP contribution in [0, 0.1) is 13.8 Å². The van der Waals surface area contributed by atoms with Crippen molar-refractivity contribution in [3.05, 3.63) is 65.2 Å². The standard InChI is InChI=1S/C20H23NO4/c1-14-8-9-17(12-15(14)2)25-11-10-19(22)21-18(20(23)24)13-16-6-4-3-5-7-16/h3-9,12,18H,10-11,13H2,1-2H3,(H,21,22)(H,23,24)/t18-/m1/s1. The van der Waals surface area contributed by atoms with Gasteiger partial charge in [-0.3, -0.25) is 4.79 Å². The molecule has 0 aliphatic heterocycles. The number of rotatable bonds is 8. The van der Waals surface area contributed by atoms with Crippen molar-refractivity contribution in [2.45, 2.75) is 32.7 Å². The maximum Gasteiger partial charge on any atom is 0.326 e. The minimum absolute atomic E-state index is 0.103. The molecule has 2 rings (SSSR count). The van der Waals surface area contributed by atoms with E-state index in [0.717, 1.165) is 11.1 Å². The third-order valence-corrected chi connectivity index (χ3v) is 3.99. The van der Waals surface area contributed by atoms with E-state index >= 15 is 0 Å². The van der Waals surface area contributed by atoms with E-state index in [1.165, 1.54) is 5.56 Å². The molecule has 2 aromatic rings. The second-order valence-corrected chi connectivity index (χ2v) is 5.99. The van der Waals surface area contributed by atoms with Crippen molar-refractivity contribution in [3.63, 3.8) is 0 Å². The highest BCUT2D eigenvalue weighted by atomic mass is 16.5. The topological polar surface area (TPSA) is 75.6 Å². The van der Waals surface area contributed by atoms with Gasteiger partial charge in [-0.1, -0.05) is 36.4 Å². The van der Waals surface area contributed by atoms with Crippen LogP contribution in [0.25, 0.3) is 0 Å². The van der Waals surface area contributed by atoms with E-state index in [2.05, 4.69) is 5.32 Å². The highest BCUT2D eigenvalue weighted by molar-refractivity contribution is 5.83. The van der Waals surface area contributed by atoms with Crippen LogP contribution in [0.5, 0.6) is 5.75 Å². The molecule has 1 atom stereocenters. The summed E-state index contributed by atoms with van der Waals surface area (Å²) in [6, 6.07) is 14.0. The van der Waals surface area contributed by atoms with Crippen LogP contribution in [0.1, 0.15) is 23.1 Å². The molecular weight excluding hydrogens is 318 g/mol. The summed E-state index contributed by atoms with van der Waals surface area (Å²) < 4.78 is 5.56. The minimum atomic E-state index is -1.05. The first kappa shape index (κ1) is 18.5. The van der Waals surface area contributed by atoms with E-state index < -0.39 is 12.0 Å². The number of carboxylic acid groups (broad SMARTS) is 1. The zero-order chi connectivity index (χ0) is 18.2. The van der Waals surface area contributed by atoms with Crippen molar-refractivity contribution in [3.8, 4) is 5.75 Å². The zero-order valence-corrected chi connectivity index (χ0v) is 14.5. The number of hydrogen-bond donors (Lipinski definition) is 2. The van der Waals surface area contributed by atoms with Gasteiger partial charge in [0.05, 0.1) is 13.0 Å². The first-order chi connectivity index (χ1) is 12.0. The maximum atomic E-state index is 12.0. The Hall–Kier alpha value is -2.82.